The summed E-state index contributed by atoms with van der Waals surface area (Å²) in [6.07, 6.45) is 2.59. The van der Waals surface area contributed by atoms with Gasteiger partial charge in [-0.05, 0) is 33.2 Å². The van der Waals surface area contributed by atoms with Crippen molar-refractivity contribution in [1.29, 1.82) is 5.41 Å². The van der Waals surface area contributed by atoms with Gasteiger partial charge in [-0.2, -0.15) is 0 Å². The van der Waals surface area contributed by atoms with E-state index in [1.807, 2.05) is 0 Å². The molecule has 17 heavy (non-hydrogen) atoms. The van der Waals surface area contributed by atoms with Gasteiger partial charge in [0.05, 0.1) is 24.1 Å². The summed E-state index contributed by atoms with van der Waals surface area (Å²) in [5.41, 5.74) is 5.13. The first-order chi connectivity index (χ1) is 7.93. The number of amidine groups is 1. The molecule has 5 nitrogen and oxygen atoms in total. The fourth-order valence-corrected chi connectivity index (χ4v) is 2.33. The molecule has 1 saturated heterocycles. The van der Waals surface area contributed by atoms with Gasteiger partial charge in [0.25, 0.3) is 0 Å². The SMILES string of the molecule is CC1(C)CN(CCCCC(=N)N)CC(CO)O1. The molecule has 0 aromatic rings. The summed E-state index contributed by atoms with van der Waals surface area (Å²) >= 11 is 0. The summed E-state index contributed by atoms with van der Waals surface area (Å²) in [5.74, 6) is 0.264. The topological polar surface area (TPSA) is 82.6 Å². The summed E-state index contributed by atoms with van der Waals surface area (Å²) in [7, 11) is 0. The van der Waals surface area contributed by atoms with E-state index in [2.05, 4.69) is 18.7 Å². The fraction of sp³-hybridized carbons (Fsp3) is 0.917. The number of nitrogens with zero attached hydrogens (tertiary/aromatic N) is 1. The molecule has 0 bridgehead atoms. The van der Waals surface area contributed by atoms with Crippen LogP contribution in [0, 0.1) is 5.41 Å². The number of aliphatic hydroxyl groups excluding tert-OH is 1. The highest BCUT2D eigenvalue weighted by Crippen LogP contribution is 2.21. The molecule has 0 amide bonds. The number of aliphatic hydroxyl groups is 1. The lowest BCUT2D eigenvalue weighted by molar-refractivity contribution is -0.148. The molecule has 0 aromatic carbocycles. The Labute approximate surface area is 103 Å². The van der Waals surface area contributed by atoms with E-state index in [0.29, 0.717) is 6.42 Å². The second-order valence-corrected chi connectivity index (χ2v) is 5.40. The molecule has 0 aromatic heterocycles. The highest BCUT2D eigenvalue weighted by atomic mass is 16.5. The van der Waals surface area contributed by atoms with E-state index < -0.39 is 0 Å². The monoisotopic (exact) mass is 243 g/mol. The Balaban J connectivity index is 2.29. The van der Waals surface area contributed by atoms with Crippen molar-refractivity contribution in [3.05, 3.63) is 0 Å². The van der Waals surface area contributed by atoms with E-state index in [9.17, 15) is 5.11 Å². The number of nitrogens with one attached hydrogen (secondary N) is 1. The van der Waals surface area contributed by atoms with E-state index in [-0.39, 0.29) is 24.1 Å². The average Bonchev–Trinajstić information content (AvgIpc) is 2.22. The molecule has 1 unspecified atom stereocenters. The van der Waals surface area contributed by atoms with Gasteiger partial charge in [-0.3, -0.25) is 10.3 Å². The molecule has 5 heteroatoms. The minimum atomic E-state index is -0.188. The predicted molar refractivity (Wildman–Crippen MR) is 68.2 cm³/mol. The fourth-order valence-electron chi connectivity index (χ4n) is 2.33. The minimum absolute atomic E-state index is 0.0768. The van der Waals surface area contributed by atoms with E-state index in [1.165, 1.54) is 0 Å². The lowest BCUT2D eigenvalue weighted by Crippen LogP contribution is -2.53. The zero-order chi connectivity index (χ0) is 12.9. The van der Waals surface area contributed by atoms with Crippen LogP contribution in [0.1, 0.15) is 33.1 Å². The smallest absolute Gasteiger partial charge is 0.0940 e. The molecule has 0 aliphatic carbocycles. The summed E-state index contributed by atoms with van der Waals surface area (Å²) in [6, 6.07) is 0. The number of nitrogens with two attached hydrogens (primary N) is 1. The highest BCUT2D eigenvalue weighted by molar-refractivity contribution is 5.76. The van der Waals surface area contributed by atoms with Crippen molar-refractivity contribution in [3.63, 3.8) is 0 Å². The van der Waals surface area contributed by atoms with Crippen LogP contribution in [0.2, 0.25) is 0 Å². The Bertz CT molecular complexity index is 256. The van der Waals surface area contributed by atoms with E-state index >= 15 is 0 Å². The Hall–Kier alpha value is -0.650. The summed E-state index contributed by atoms with van der Waals surface area (Å²) in [4.78, 5) is 2.32. The van der Waals surface area contributed by atoms with Crippen molar-refractivity contribution in [3.8, 4) is 0 Å². The van der Waals surface area contributed by atoms with Gasteiger partial charge in [-0.15, -0.1) is 0 Å². The van der Waals surface area contributed by atoms with Crippen molar-refractivity contribution in [2.45, 2.75) is 44.8 Å². The van der Waals surface area contributed by atoms with Gasteiger partial charge < -0.3 is 15.6 Å². The molecule has 1 atom stereocenters. The van der Waals surface area contributed by atoms with Gasteiger partial charge >= 0.3 is 0 Å². The maximum absolute atomic E-state index is 9.19. The number of ether oxygens (including phenoxy) is 1. The second-order valence-electron chi connectivity index (χ2n) is 5.40. The lowest BCUT2D eigenvalue weighted by atomic mass is 10.0. The van der Waals surface area contributed by atoms with Crippen LogP contribution in [-0.4, -0.2) is 53.8 Å². The van der Waals surface area contributed by atoms with E-state index in [0.717, 1.165) is 32.5 Å². The summed E-state index contributed by atoms with van der Waals surface area (Å²) in [5, 5.41) is 16.3. The summed E-state index contributed by atoms with van der Waals surface area (Å²) in [6.45, 7) is 6.85. The molecule has 1 fully saturated rings. The Morgan fingerprint density at radius 1 is 1.53 bits per heavy atom. The number of hydrogen-bond donors (Lipinski definition) is 3. The van der Waals surface area contributed by atoms with Crippen molar-refractivity contribution in [2.24, 2.45) is 5.73 Å². The van der Waals surface area contributed by atoms with Gasteiger partial charge in [-0.25, -0.2) is 0 Å². The third-order valence-electron chi connectivity index (χ3n) is 2.93. The number of morpholine rings is 1. The number of hydrogen-bond acceptors (Lipinski definition) is 4. The van der Waals surface area contributed by atoms with Gasteiger partial charge in [0.1, 0.15) is 0 Å². The van der Waals surface area contributed by atoms with Crippen LogP contribution in [0.4, 0.5) is 0 Å². The first-order valence-electron chi connectivity index (χ1n) is 6.27. The number of unbranched alkanes of at least 4 members (excludes halogenated alkanes) is 1. The van der Waals surface area contributed by atoms with Crippen LogP contribution in [0.3, 0.4) is 0 Å². The molecular formula is C12H25N3O2. The predicted octanol–water partition coefficient (Wildman–Crippen LogP) is 0.564. The van der Waals surface area contributed by atoms with Crippen LogP contribution in [0.15, 0.2) is 0 Å². The van der Waals surface area contributed by atoms with Crippen molar-refractivity contribution < 1.29 is 9.84 Å². The summed E-state index contributed by atoms with van der Waals surface area (Å²) < 4.78 is 5.75. The molecule has 1 aliphatic rings. The molecule has 1 aliphatic heterocycles. The highest BCUT2D eigenvalue weighted by Gasteiger charge is 2.32. The molecule has 1 heterocycles. The van der Waals surface area contributed by atoms with Crippen molar-refractivity contribution >= 4 is 5.84 Å². The standard InChI is InChI=1S/C12H25N3O2/c1-12(2)9-15(7-10(8-16)17-12)6-4-3-5-11(13)14/h10,16H,3-9H2,1-2H3,(H3,13,14). The van der Waals surface area contributed by atoms with Crippen LogP contribution in [0.25, 0.3) is 0 Å². The Morgan fingerprint density at radius 2 is 2.24 bits per heavy atom. The Morgan fingerprint density at radius 3 is 2.82 bits per heavy atom. The van der Waals surface area contributed by atoms with Gasteiger partial charge in [0.15, 0.2) is 0 Å². The largest absolute Gasteiger partial charge is 0.394 e. The maximum atomic E-state index is 9.19. The van der Waals surface area contributed by atoms with Crippen molar-refractivity contribution in [2.75, 3.05) is 26.2 Å². The third kappa shape index (κ3) is 5.48. The van der Waals surface area contributed by atoms with Gasteiger partial charge in [0, 0.05) is 19.5 Å². The zero-order valence-electron chi connectivity index (χ0n) is 10.9. The van der Waals surface area contributed by atoms with Crippen molar-refractivity contribution in [1.82, 2.24) is 4.90 Å². The molecule has 1 rings (SSSR count). The minimum Gasteiger partial charge on any atom is -0.394 e. The molecule has 0 spiro atoms. The van der Waals surface area contributed by atoms with Crippen LogP contribution >= 0.6 is 0 Å². The zero-order valence-corrected chi connectivity index (χ0v) is 10.9. The second kappa shape index (κ2) is 6.33. The van der Waals surface area contributed by atoms with Gasteiger partial charge in [0.2, 0.25) is 0 Å². The van der Waals surface area contributed by atoms with Crippen LogP contribution in [0.5, 0.6) is 0 Å². The quantitative estimate of drug-likeness (QED) is 0.362. The van der Waals surface area contributed by atoms with E-state index in [1.54, 1.807) is 0 Å². The third-order valence-corrected chi connectivity index (χ3v) is 2.93. The molecule has 100 valence electrons. The van der Waals surface area contributed by atoms with E-state index in [4.69, 9.17) is 15.9 Å². The first-order valence-corrected chi connectivity index (χ1v) is 6.27. The Kier molecular flexibility index (Phi) is 5.36. The number of rotatable bonds is 6. The normalized spacial score (nSPS) is 24.8. The molecule has 0 saturated carbocycles. The molecule has 0 radical (unpaired) electrons. The van der Waals surface area contributed by atoms with Crippen LogP contribution in [-0.2, 0) is 4.74 Å². The van der Waals surface area contributed by atoms with Gasteiger partial charge in [-0.1, -0.05) is 0 Å². The maximum Gasteiger partial charge on any atom is 0.0940 e. The molecular weight excluding hydrogens is 218 g/mol. The average molecular weight is 243 g/mol. The first kappa shape index (κ1) is 14.4. The molecule has 4 N–H and O–H groups in total. The van der Waals surface area contributed by atoms with Crippen LogP contribution < -0.4 is 5.73 Å². The lowest BCUT2D eigenvalue weighted by Gasteiger charge is -2.42.